The normalized spacial score (nSPS) is 11.9. The molecule has 0 spiro atoms. The number of benzene rings is 1. The molecule has 0 atom stereocenters. The van der Waals surface area contributed by atoms with Gasteiger partial charge in [0.25, 0.3) is 0 Å². The van der Waals surface area contributed by atoms with Crippen molar-refractivity contribution in [3.8, 4) is 0 Å². The van der Waals surface area contributed by atoms with Gasteiger partial charge in [-0.05, 0) is 69.2 Å². The summed E-state index contributed by atoms with van der Waals surface area (Å²) in [5, 5.41) is 0. The van der Waals surface area contributed by atoms with Crippen LogP contribution in [-0.2, 0) is 12.8 Å². The van der Waals surface area contributed by atoms with Crippen molar-refractivity contribution in [2.45, 2.75) is 59.5 Å². The summed E-state index contributed by atoms with van der Waals surface area (Å²) in [6, 6.07) is 4.46. The molecule has 1 aromatic rings. The molecule has 0 amide bonds. The molecule has 1 rings (SSSR count). The zero-order valence-electron chi connectivity index (χ0n) is 11.2. The molecule has 0 saturated heterocycles. The van der Waals surface area contributed by atoms with E-state index in [1.54, 1.807) is 13.8 Å². The third-order valence-corrected chi connectivity index (χ3v) is 3.13. The highest BCUT2D eigenvalue weighted by atomic mass is 19.1. The molecule has 0 unspecified atom stereocenters. The summed E-state index contributed by atoms with van der Waals surface area (Å²) >= 11 is 0. The lowest BCUT2D eigenvalue weighted by molar-refractivity contribution is 0.202. The number of rotatable bonds is 4. The van der Waals surface area contributed by atoms with Gasteiger partial charge in [-0.1, -0.05) is 19.1 Å². The quantitative estimate of drug-likeness (QED) is 0.701. The van der Waals surface area contributed by atoms with Crippen molar-refractivity contribution in [2.24, 2.45) is 0 Å². The lowest BCUT2D eigenvalue weighted by atomic mass is 9.92. The Morgan fingerprint density at radius 3 is 2.00 bits per heavy atom. The van der Waals surface area contributed by atoms with Gasteiger partial charge in [0.05, 0.1) is 0 Å². The number of aryl methyl sites for hydroxylation is 3. The van der Waals surface area contributed by atoms with Gasteiger partial charge in [0, 0.05) is 0 Å². The van der Waals surface area contributed by atoms with Crippen molar-refractivity contribution < 1.29 is 4.39 Å². The molecule has 0 aliphatic heterocycles. The van der Waals surface area contributed by atoms with Gasteiger partial charge in [-0.3, -0.25) is 0 Å². The van der Waals surface area contributed by atoms with Crippen LogP contribution in [0.4, 0.5) is 4.39 Å². The fraction of sp³-hybridized carbons (Fsp3) is 0.600. The number of halogens is 1. The fourth-order valence-corrected chi connectivity index (χ4v) is 2.10. The Bertz CT molecular complexity index is 335. The van der Waals surface area contributed by atoms with Crippen molar-refractivity contribution in [1.29, 1.82) is 0 Å². The van der Waals surface area contributed by atoms with Crippen molar-refractivity contribution in [3.05, 3.63) is 34.4 Å². The van der Waals surface area contributed by atoms with E-state index < -0.39 is 5.67 Å². The summed E-state index contributed by atoms with van der Waals surface area (Å²) in [6.07, 6.45) is 2.50. The summed E-state index contributed by atoms with van der Waals surface area (Å²) in [5.74, 6) is 0. The molecule has 0 aliphatic carbocycles. The van der Waals surface area contributed by atoms with Gasteiger partial charge in [0.2, 0.25) is 0 Å². The minimum absolute atomic E-state index is 0.597. The van der Waals surface area contributed by atoms with Crippen LogP contribution in [0.25, 0.3) is 0 Å². The predicted molar refractivity (Wildman–Crippen MR) is 68.8 cm³/mol. The number of hydrogen-bond acceptors (Lipinski definition) is 0. The monoisotopic (exact) mass is 222 g/mol. The third kappa shape index (κ3) is 3.62. The van der Waals surface area contributed by atoms with Gasteiger partial charge in [0.15, 0.2) is 0 Å². The molecule has 0 radical (unpaired) electrons. The third-order valence-electron chi connectivity index (χ3n) is 3.13. The van der Waals surface area contributed by atoms with Crippen LogP contribution in [0.3, 0.4) is 0 Å². The minimum Gasteiger partial charge on any atom is -0.244 e. The topological polar surface area (TPSA) is 0 Å². The molecule has 90 valence electrons. The first-order valence-corrected chi connectivity index (χ1v) is 6.11. The van der Waals surface area contributed by atoms with Gasteiger partial charge in [-0.15, -0.1) is 0 Å². The maximum absolute atomic E-state index is 13.5. The second-order valence-electron chi connectivity index (χ2n) is 5.28. The Kier molecular flexibility index (Phi) is 4.12. The highest BCUT2D eigenvalue weighted by Gasteiger charge is 2.16. The molecule has 0 aromatic heterocycles. The highest BCUT2D eigenvalue weighted by molar-refractivity contribution is 5.38. The van der Waals surface area contributed by atoms with Crippen LogP contribution in [-0.4, -0.2) is 5.67 Å². The summed E-state index contributed by atoms with van der Waals surface area (Å²) in [5.41, 5.74) is 4.24. The van der Waals surface area contributed by atoms with Gasteiger partial charge in [-0.25, -0.2) is 4.39 Å². The van der Waals surface area contributed by atoms with Gasteiger partial charge < -0.3 is 0 Å². The standard InChI is InChI=1S/C15H23F/c1-6-13-9-11(2)14(12(3)10-13)7-8-15(4,5)16/h9-10H,6-8H2,1-5H3. The van der Waals surface area contributed by atoms with Crippen molar-refractivity contribution in [2.75, 3.05) is 0 Å². The second kappa shape index (κ2) is 4.99. The molecule has 0 N–H and O–H groups in total. The van der Waals surface area contributed by atoms with E-state index in [2.05, 4.69) is 32.9 Å². The number of hydrogen-bond donors (Lipinski definition) is 0. The average Bonchev–Trinajstić information content (AvgIpc) is 2.14. The van der Waals surface area contributed by atoms with Gasteiger partial charge >= 0.3 is 0 Å². The minimum atomic E-state index is -1.07. The van der Waals surface area contributed by atoms with E-state index in [9.17, 15) is 4.39 Å². The first-order chi connectivity index (χ1) is 7.33. The Morgan fingerprint density at radius 1 is 1.12 bits per heavy atom. The van der Waals surface area contributed by atoms with Gasteiger partial charge in [-0.2, -0.15) is 0 Å². The van der Waals surface area contributed by atoms with E-state index in [0.29, 0.717) is 6.42 Å². The number of alkyl halides is 1. The van der Waals surface area contributed by atoms with Crippen LogP contribution in [0.2, 0.25) is 0 Å². The Hall–Kier alpha value is -0.850. The smallest absolute Gasteiger partial charge is 0.105 e. The lowest BCUT2D eigenvalue weighted by Crippen LogP contribution is -2.13. The van der Waals surface area contributed by atoms with Crippen LogP contribution in [0.15, 0.2) is 12.1 Å². The fourth-order valence-electron chi connectivity index (χ4n) is 2.10. The van der Waals surface area contributed by atoms with Crippen molar-refractivity contribution in [1.82, 2.24) is 0 Å². The van der Waals surface area contributed by atoms with Crippen molar-refractivity contribution >= 4 is 0 Å². The average molecular weight is 222 g/mol. The van der Waals surface area contributed by atoms with Crippen LogP contribution in [0.5, 0.6) is 0 Å². The van der Waals surface area contributed by atoms with E-state index in [1.165, 1.54) is 22.3 Å². The zero-order valence-corrected chi connectivity index (χ0v) is 11.2. The summed E-state index contributed by atoms with van der Waals surface area (Å²) < 4.78 is 13.5. The second-order valence-corrected chi connectivity index (χ2v) is 5.28. The van der Waals surface area contributed by atoms with E-state index in [1.807, 2.05) is 0 Å². The van der Waals surface area contributed by atoms with Crippen LogP contribution in [0.1, 0.15) is 49.4 Å². The SMILES string of the molecule is CCc1cc(C)c(CCC(C)(C)F)c(C)c1. The maximum Gasteiger partial charge on any atom is 0.105 e. The molecule has 0 bridgehead atoms. The molecule has 1 heteroatoms. The largest absolute Gasteiger partial charge is 0.244 e. The maximum atomic E-state index is 13.5. The summed E-state index contributed by atoms with van der Waals surface area (Å²) in [4.78, 5) is 0. The highest BCUT2D eigenvalue weighted by Crippen LogP contribution is 2.23. The Balaban J connectivity index is 2.88. The zero-order chi connectivity index (χ0) is 12.3. The molecule has 0 heterocycles. The molecule has 0 aliphatic rings. The molecular formula is C15H23F. The Morgan fingerprint density at radius 2 is 1.62 bits per heavy atom. The van der Waals surface area contributed by atoms with Crippen LogP contribution >= 0.6 is 0 Å². The van der Waals surface area contributed by atoms with Gasteiger partial charge in [0.1, 0.15) is 5.67 Å². The molecule has 0 saturated carbocycles. The van der Waals surface area contributed by atoms with E-state index in [-0.39, 0.29) is 0 Å². The lowest BCUT2D eigenvalue weighted by Gasteiger charge is -2.17. The van der Waals surface area contributed by atoms with Crippen molar-refractivity contribution in [3.63, 3.8) is 0 Å². The molecule has 1 aromatic carbocycles. The van der Waals surface area contributed by atoms with Crippen LogP contribution < -0.4 is 0 Å². The predicted octanol–water partition coefficient (Wildman–Crippen LogP) is 4.55. The first kappa shape index (κ1) is 13.2. The van der Waals surface area contributed by atoms with E-state index in [4.69, 9.17) is 0 Å². The molecule has 0 nitrogen and oxygen atoms in total. The van der Waals surface area contributed by atoms with Crippen LogP contribution in [0, 0.1) is 13.8 Å². The van der Waals surface area contributed by atoms with E-state index >= 15 is 0 Å². The molecular weight excluding hydrogens is 199 g/mol. The summed E-state index contributed by atoms with van der Waals surface area (Å²) in [7, 11) is 0. The molecule has 16 heavy (non-hydrogen) atoms. The van der Waals surface area contributed by atoms with E-state index in [0.717, 1.165) is 12.8 Å². The first-order valence-electron chi connectivity index (χ1n) is 6.11. The summed E-state index contributed by atoms with van der Waals surface area (Å²) in [6.45, 7) is 9.73. The molecule has 0 fully saturated rings. The Labute approximate surface area is 98.9 Å².